The summed E-state index contributed by atoms with van der Waals surface area (Å²) in [5.74, 6) is 1.93. The first-order valence-electron chi connectivity index (χ1n) is 9.65. The lowest BCUT2D eigenvalue weighted by atomic mass is 10.0. The van der Waals surface area contributed by atoms with Crippen molar-refractivity contribution in [3.05, 3.63) is 0 Å². The van der Waals surface area contributed by atoms with Gasteiger partial charge in [0.15, 0.2) is 5.96 Å². The number of nitrogens with zero attached hydrogens (tertiary/aromatic N) is 2. The van der Waals surface area contributed by atoms with Crippen LogP contribution in [0.4, 0.5) is 0 Å². The van der Waals surface area contributed by atoms with Gasteiger partial charge in [0.25, 0.3) is 0 Å². The molecule has 2 rings (SSSR count). The van der Waals surface area contributed by atoms with E-state index in [2.05, 4.69) is 41.6 Å². The van der Waals surface area contributed by atoms with E-state index >= 15 is 0 Å². The largest absolute Gasteiger partial charge is 0.357 e. The van der Waals surface area contributed by atoms with Gasteiger partial charge in [-0.25, -0.2) is 0 Å². The van der Waals surface area contributed by atoms with Gasteiger partial charge in [0.05, 0.1) is 6.54 Å². The van der Waals surface area contributed by atoms with Gasteiger partial charge in [-0.1, -0.05) is 13.8 Å². The monoisotopic (exact) mass is 337 g/mol. The summed E-state index contributed by atoms with van der Waals surface area (Å²) in [6, 6.07) is 0.512. The van der Waals surface area contributed by atoms with Gasteiger partial charge in [0.2, 0.25) is 5.91 Å². The molecule has 0 radical (unpaired) electrons. The second-order valence-electron chi connectivity index (χ2n) is 7.27. The van der Waals surface area contributed by atoms with Crippen LogP contribution in [-0.2, 0) is 4.79 Å². The van der Waals surface area contributed by atoms with Crippen molar-refractivity contribution in [3.63, 3.8) is 0 Å². The van der Waals surface area contributed by atoms with Crippen molar-refractivity contribution < 1.29 is 4.79 Å². The van der Waals surface area contributed by atoms with Crippen LogP contribution >= 0.6 is 0 Å². The Labute approximate surface area is 146 Å². The maximum atomic E-state index is 11.6. The Morgan fingerprint density at radius 1 is 1.12 bits per heavy atom. The molecule has 1 atom stereocenters. The zero-order valence-electron chi connectivity index (χ0n) is 15.6. The second kappa shape index (κ2) is 9.87. The number of carbonyl (C=O) groups excluding carboxylic acids is 1. The fraction of sp³-hybridized carbons (Fsp3) is 0.889. The molecule has 1 heterocycles. The van der Waals surface area contributed by atoms with Crippen LogP contribution in [0.1, 0.15) is 46.5 Å². The molecule has 138 valence electrons. The van der Waals surface area contributed by atoms with Gasteiger partial charge in [0.1, 0.15) is 0 Å². The number of nitrogens with one attached hydrogen (secondary N) is 3. The van der Waals surface area contributed by atoms with Crippen molar-refractivity contribution in [2.45, 2.75) is 52.5 Å². The summed E-state index contributed by atoms with van der Waals surface area (Å²) in [6.45, 7) is 12.1. The summed E-state index contributed by atoms with van der Waals surface area (Å²) in [7, 11) is 0. The number of rotatable bonds is 9. The molecule has 1 saturated heterocycles. The number of hydrogen-bond donors (Lipinski definition) is 3. The number of guanidine groups is 1. The summed E-state index contributed by atoms with van der Waals surface area (Å²) in [4.78, 5) is 19.0. The van der Waals surface area contributed by atoms with Crippen LogP contribution in [0.3, 0.4) is 0 Å². The molecular weight excluding hydrogens is 302 g/mol. The number of hydrogen-bond acceptors (Lipinski definition) is 3. The van der Waals surface area contributed by atoms with Gasteiger partial charge in [0, 0.05) is 31.6 Å². The average molecular weight is 338 g/mol. The molecule has 3 N–H and O–H groups in total. The zero-order chi connectivity index (χ0) is 17.4. The zero-order valence-corrected chi connectivity index (χ0v) is 15.6. The normalized spacial score (nSPS) is 20.2. The highest BCUT2D eigenvalue weighted by molar-refractivity contribution is 5.81. The molecular formula is C18H35N5O. The highest BCUT2D eigenvalue weighted by atomic mass is 16.2. The molecule has 2 aliphatic rings. The SMILES string of the molecule is CCNC(=NCC(C(C)C)N1CCCC1)NCCNC(=O)C1CC1. The third kappa shape index (κ3) is 6.30. The molecule has 6 nitrogen and oxygen atoms in total. The van der Waals surface area contributed by atoms with Crippen molar-refractivity contribution in [1.82, 2.24) is 20.9 Å². The van der Waals surface area contributed by atoms with Crippen molar-refractivity contribution >= 4 is 11.9 Å². The maximum absolute atomic E-state index is 11.6. The number of aliphatic imine (C=N–C) groups is 1. The molecule has 0 aromatic rings. The summed E-state index contributed by atoms with van der Waals surface area (Å²) in [5, 5.41) is 9.60. The lowest BCUT2D eigenvalue weighted by Crippen LogP contribution is -2.44. The summed E-state index contributed by atoms with van der Waals surface area (Å²) >= 11 is 0. The van der Waals surface area contributed by atoms with Crippen molar-refractivity contribution in [2.24, 2.45) is 16.8 Å². The van der Waals surface area contributed by atoms with E-state index < -0.39 is 0 Å². The molecule has 1 unspecified atom stereocenters. The number of carbonyl (C=O) groups is 1. The highest BCUT2D eigenvalue weighted by Crippen LogP contribution is 2.28. The standard InChI is InChI=1S/C18H35N5O/c1-4-19-18(21-10-9-20-17(24)15-7-8-15)22-13-16(14(2)3)23-11-5-6-12-23/h14-16H,4-13H2,1-3H3,(H,20,24)(H2,19,21,22). The minimum absolute atomic E-state index is 0.202. The van der Waals surface area contributed by atoms with Gasteiger partial charge >= 0.3 is 0 Å². The van der Waals surface area contributed by atoms with Gasteiger partial charge < -0.3 is 16.0 Å². The van der Waals surface area contributed by atoms with Crippen LogP contribution in [0.25, 0.3) is 0 Å². The summed E-state index contributed by atoms with van der Waals surface area (Å²) in [6.07, 6.45) is 4.73. The topological polar surface area (TPSA) is 68.8 Å². The molecule has 1 aliphatic heterocycles. The lowest BCUT2D eigenvalue weighted by molar-refractivity contribution is -0.122. The minimum atomic E-state index is 0.202. The molecule has 0 aromatic carbocycles. The van der Waals surface area contributed by atoms with E-state index in [1.54, 1.807) is 0 Å². The van der Waals surface area contributed by atoms with Crippen LogP contribution in [0.5, 0.6) is 0 Å². The molecule has 24 heavy (non-hydrogen) atoms. The Morgan fingerprint density at radius 3 is 2.38 bits per heavy atom. The molecule has 1 aliphatic carbocycles. The third-order valence-electron chi connectivity index (χ3n) is 4.82. The molecule has 2 fully saturated rings. The Balaban J connectivity index is 1.76. The van der Waals surface area contributed by atoms with E-state index in [9.17, 15) is 4.79 Å². The Hall–Kier alpha value is -1.30. The highest BCUT2D eigenvalue weighted by Gasteiger charge is 2.29. The number of likely N-dealkylation sites (tertiary alicyclic amines) is 1. The van der Waals surface area contributed by atoms with Crippen molar-refractivity contribution in [3.8, 4) is 0 Å². The van der Waals surface area contributed by atoms with E-state index in [0.717, 1.165) is 31.9 Å². The first-order valence-corrected chi connectivity index (χ1v) is 9.65. The predicted molar refractivity (Wildman–Crippen MR) is 99.1 cm³/mol. The Bertz CT molecular complexity index is 414. The lowest BCUT2D eigenvalue weighted by Gasteiger charge is -2.29. The molecule has 6 heteroatoms. The molecule has 1 saturated carbocycles. The van der Waals surface area contributed by atoms with E-state index in [4.69, 9.17) is 4.99 Å². The van der Waals surface area contributed by atoms with E-state index in [1.165, 1.54) is 25.9 Å². The van der Waals surface area contributed by atoms with Crippen LogP contribution in [-0.4, -0.2) is 62.1 Å². The Morgan fingerprint density at radius 2 is 1.79 bits per heavy atom. The fourth-order valence-corrected chi connectivity index (χ4v) is 3.20. The van der Waals surface area contributed by atoms with Crippen LogP contribution in [0.15, 0.2) is 4.99 Å². The molecule has 0 spiro atoms. The van der Waals surface area contributed by atoms with E-state index in [1.807, 2.05) is 0 Å². The maximum Gasteiger partial charge on any atom is 0.223 e. The smallest absolute Gasteiger partial charge is 0.223 e. The van der Waals surface area contributed by atoms with Crippen molar-refractivity contribution in [2.75, 3.05) is 39.3 Å². The van der Waals surface area contributed by atoms with Gasteiger partial charge in [-0.3, -0.25) is 14.7 Å². The third-order valence-corrected chi connectivity index (χ3v) is 4.82. The summed E-state index contributed by atoms with van der Waals surface area (Å²) < 4.78 is 0. The van der Waals surface area contributed by atoms with Crippen LogP contribution in [0, 0.1) is 11.8 Å². The van der Waals surface area contributed by atoms with Gasteiger partial charge in [-0.15, -0.1) is 0 Å². The van der Waals surface area contributed by atoms with Gasteiger partial charge in [-0.2, -0.15) is 0 Å². The molecule has 0 bridgehead atoms. The number of amides is 1. The van der Waals surface area contributed by atoms with Gasteiger partial charge in [-0.05, 0) is 51.6 Å². The first kappa shape index (κ1) is 19.0. The Kier molecular flexibility index (Phi) is 7.82. The molecule has 0 aromatic heterocycles. The average Bonchev–Trinajstić information content (AvgIpc) is 3.27. The quantitative estimate of drug-likeness (QED) is 0.336. The molecule has 1 amide bonds. The van der Waals surface area contributed by atoms with E-state index in [-0.39, 0.29) is 11.8 Å². The minimum Gasteiger partial charge on any atom is -0.357 e. The predicted octanol–water partition coefficient (Wildman–Crippen LogP) is 1.19. The van der Waals surface area contributed by atoms with E-state index in [0.29, 0.717) is 25.0 Å². The first-order chi connectivity index (χ1) is 11.6. The second-order valence-corrected chi connectivity index (χ2v) is 7.27. The van der Waals surface area contributed by atoms with Crippen LogP contribution in [0.2, 0.25) is 0 Å². The fourth-order valence-electron chi connectivity index (χ4n) is 3.20. The summed E-state index contributed by atoms with van der Waals surface area (Å²) in [5.41, 5.74) is 0. The van der Waals surface area contributed by atoms with Crippen LogP contribution < -0.4 is 16.0 Å². The van der Waals surface area contributed by atoms with Crippen molar-refractivity contribution in [1.29, 1.82) is 0 Å².